The van der Waals surface area contributed by atoms with Gasteiger partial charge in [-0.3, -0.25) is 13.5 Å². The molecule has 8 heteroatoms. The number of rotatable bonds is 6. The van der Waals surface area contributed by atoms with Crippen LogP contribution in [0.5, 0.6) is 0 Å². The molecule has 1 saturated carbocycles. The van der Waals surface area contributed by atoms with Crippen molar-refractivity contribution in [3.8, 4) is 22.6 Å². The van der Waals surface area contributed by atoms with E-state index in [1.807, 2.05) is 52.9 Å². The second kappa shape index (κ2) is 6.54. The number of halogens is 2. The summed E-state index contributed by atoms with van der Waals surface area (Å²) < 4.78 is 32.2. The standard InChI is InChI=1S/C20H20F2N6/c1-26-11-14(10-24-26)17-9-19-23-5-7-28(19)20(25-17)13-3-6-27(12-13)18(2-4-21)15-8-16(15)22/h3,5-7,9-12,15-16,18H,2,4,8H2,1H3. The SMILES string of the molecule is Cn1cc(-c2cc3nccn3c(-c3ccn(C(CCF)C4CC4F)c3)n2)cn1. The molecular weight excluding hydrogens is 362 g/mol. The summed E-state index contributed by atoms with van der Waals surface area (Å²) in [6.45, 7) is -0.456. The van der Waals surface area contributed by atoms with Crippen LogP contribution in [0.4, 0.5) is 8.78 Å². The van der Waals surface area contributed by atoms with Crippen LogP contribution in [0.25, 0.3) is 28.3 Å². The molecule has 1 fully saturated rings. The Morgan fingerprint density at radius 1 is 1.25 bits per heavy atom. The van der Waals surface area contributed by atoms with Gasteiger partial charge in [-0.05, 0) is 18.9 Å². The molecule has 0 bridgehead atoms. The molecule has 4 heterocycles. The zero-order valence-electron chi connectivity index (χ0n) is 15.4. The van der Waals surface area contributed by atoms with E-state index in [9.17, 15) is 8.78 Å². The average Bonchev–Trinajstić information content (AvgIpc) is 3.14. The summed E-state index contributed by atoms with van der Waals surface area (Å²) >= 11 is 0. The van der Waals surface area contributed by atoms with Crippen molar-refractivity contribution in [3.05, 3.63) is 49.3 Å². The van der Waals surface area contributed by atoms with E-state index in [0.29, 0.717) is 12.8 Å². The molecule has 28 heavy (non-hydrogen) atoms. The van der Waals surface area contributed by atoms with Crippen molar-refractivity contribution in [2.24, 2.45) is 13.0 Å². The second-order valence-corrected chi connectivity index (χ2v) is 7.33. The Balaban J connectivity index is 1.57. The maximum Gasteiger partial charge on any atom is 0.147 e. The van der Waals surface area contributed by atoms with E-state index in [-0.39, 0.29) is 12.0 Å². The number of fused-ring (bicyclic) bond motifs is 1. The van der Waals surface area contributed by atoms with Crippen LogP contribution in [0.2, 0.25) is 0 Å². The smallest absolute Gasteiger partial charge is 0.147 e. The van der Waals surface area contributed by atoms with E-state index < -0.39 is 12.8 Å². The van der Waals surface area contributed by atoms with Crippen LogP contribution in [-0.4, -0.2) is 41.6 Å². The summed E-state index contributed by atoms with van der Waals surface area (Å²) in [7, 11) is 1.86. The molecule has 3 atom stereocenters. The fourth-order valence-electron chi connectivity index (χ4n) is 3.86. The van der Waals surface area contributed by atoms with Crippen LogP contribution in [0, 0.1) is 5.92 Å². The molecule has 0 amide bonds. The molecule has 6 nitrogen and oxygen atoms in total. The Kier molecular flexibility index (Phi) is 3.99. The second-order valence-electron chi connectivity index (χ2n) is 7.33. The predicted octanol–water partition coefficient (Wildman–Crippen LogP) is 3.86. The molecular formula is C20H20F2N6. The fourth-order valence-corrected chi connectivity index (χ4v) is 3.86. The third-order valence-corrected chi connectivity index (χ3v) is 5.40. The summed E-state index contributed by atoms with van der Waals surface area (Å²) in [6.07, 6.45) is 11.1. The summed E-state index contributed by atoms with van der Waals surface area (Å²) in [5, 5.41) is 4.22. The van der Waals surface area contributed by atoms with Crippen molar-refractivity contribution in [2.45, 2.75) is 25.1 Å². The number of hydrogen-bond donors (Lipinski definition) is 0. The van der Waals surface area contributed by atoms with E-state index in [1.165, 1.54) is 0 Å². The molecule has 0 saturated heterocycles. The van der Waals surface area contributed by atoms with Gasteiger partial charge in [-0.2, -0.15) is 5.10 Å². The minimum absolute atomic E-state index is 0.0982. The van der Waals surface area contributed by atoms with Crippen molar-refractivity contribution in [1.29, 1.82) is 0 Å². The number of imidazole rings is 1. The highest BCUT2D eigenvalue weighted by Gasteiger charge is 2.44. The lowest BCUT2D eigenvalue weighted by Gasteiger charge is -2.16. The highest BCUT2D eigenvalue weighted by Crippen LogP contribution is 2.45. The molecule has 4 aromatic heterocycles. The lowest BCUT2D eigenvalue weighted by atomic mass is 10.1. The van der Waals surface area contributed by atoms with Crippen LogP contribution < -0.4 is 0 Å². The van der Waals surface area contributed by atoms with Crippen molar-refractivity contribution >= 4 is 5.65 Å². The van der Waals surface area contributed by atoms with Gasteiger partial charge in [0.25, 0.3) is 0 Å². The number of hydrogen-bond acceptors (Lipinski definition) is 3. The summed E-state index contributed by atoms with van der Waals surface area (Å²) in [5.41, 5.74) is 3.35. The van der Waals surface area contributed by atoms with Gasteiger partial charge in [0.15, 0.2) is 0 Å². The number of alkyl halides is 2. The summed E-state index contributed by atoms with van der Waals surface area (Å²) in [5.74, 6) is 0.637. The largest absolute Gasteiger partial charge is 0.350 e. The average molecular weight is 382 g/mol. The van der Waals surface area contributed by atoms with Crippen LogP contribution in [0.15, 0.2) is 49.3 Å². The number of nitrogens with zero attached hydrogens (tertiary/aromatic N) is 6. The van der Waals surface area contributed by atoms with E-state index in [4.69, 9.17) is 4.98 Å². The Bertz CT molecular complexity index is 1130. The van der Waals surface area contributed by atoms with Gasteiger partial charge in [0.05, 0.1) is 18.6 Å². The first kappa shape index (κ1) is 17.1. The van der Waals surface area contributed by atoms with Crippen molar-refractivity contribution in [3.63, 3.8) is 0 Å². The quantitative estimate of drug-likeness (QED) is 0.509. The molecule has 0 radical (unpaired) electrons. The van der Waals surface area contributed by atoms with Crippen LogP contribution in [0.3, 0.4) is 0 Å². The first-order valence-corrected chi connectivity index (χ1v) is 9.35. The molecule has 0 N–H and O–H groups in total. The Hall–Kier alpha value is -3.03. The molecule has 1 aliphatic rings. The first-order chi connectivity index (χ1) is 13.6. The van der Waals surface area contributed by atoms with Gasteiger partial charge in [-0.1, -0.05) is 0 Å². The monoisotopic (exact) mass is 382 g/mol. The minimum Gasteiger partial charge on any atom is -0.350 e. The maximum absolute atomic E-state index is 13.6. The Labute approximate surface area is 160 Å². The highest BCUT2D eigenvalue weighted by molar-refractivity contribution is 5.68. The van der Waals surface area contributed by atoms with Crippen LogP contribution >= 0.6 is 0 Å². The lowest BCUT2D eigenvalue weighted by molar-refractivity contribution is 0.318. The third-order valence-electron chi connectivity index (χ3n) is 5.40. The van der Waals surface area contributed by atoms with Gasteiger partial charge in [0.1, 0.15) is 17.6 Å². The van der Waals surface area contributed by atoms with Crippen molar-refractivity contribution in [2.75, 3.05) is 6.67 Å². The minimum atomic E-state index is -0.824. The normalized spacial score (nSPS) is 20.0. The zero-order chi connectivity index (χ0) is 19.3. The summed E-state index contributed by atoms with van der Waals surface area (Å²) in [6, 6.07) is 3.70. The molecule has 0 spiro atoms. The summed E-state index contributed by atoms with van der Waals surface area (Å²) in [4.78, 5) is 9.24. The van der Waals surface area contributed by atoms with Gasteiger partial charge in [0, 0.05) is 67.2 Å². The van der Waals surface area contributed by atoms with E-state index in [1.54, 1.807) is 17.1 Å². The number of aromatic nitrogens is 6. The number of aryl methyl sites for hydroxylation is 1. The topological polar surface area (TPSA) is 52.9 Å². The first-order valence-electron chi connectivity index (χ1n) is 9.35. The van der Waals surface area contributed by atoms with Crippen molar-refractivity contribution in [1.82, 2.24) is 28.7 Å². The fraction of sp³-hybridized carbons (Fsp3) is 0.350. The van der Waals surface area contributed by atoms with E-state index in [0.717, 1.165) is 28.3 Å². The predicted molar refractivity (Wildman–Crippen MR) is 101 cm³/mol. The zero-order valence-corrected chi connectivity index (χ0v) is 15.4. The maximum atomic E-state index is 13.6. The van der Waals surface area contributed by atoms with Crippen molar-refractivity contribution < 1.29 is 8.78 Å². The molecule has 0 aliphatic heterocycles. The third kappa shape index (κ3) is 2.89. The van der Waals surface area contributed by atoms with E-state index >= 15 is 0 Å². The van der Waals surface area contributed by atoms with Gasteiger partial charge in [0.2, 0.25) is 0 Å². The van der Waals surface area contributed by atoms with Gasteiger partial charge in [-0.25, -0.2) is 14.4 Å². The highest BCUT2D eigenvalue weighted by atomic mass is 19.1. The molecule has 3 unspecified atom stereocenters. The van der Waals surface area contributed by atoms with Crippen LogP contribution in [0.1, 0.15) is 18.9 Å². The van der Waals surface area contributed by atoms with Gasteiger partial charge in [-0.15, -0.1) is 0 Å². The Morgan fingerprint density at radius 2 is 2.11 bits per heavy atom. The molecule has 0 aromatic carbocycles. The van der Waals surface area contributed by atoms with Gasteiger partial charge < -0.3 is 4.57 Å². The molecule has 1 aliphatic carbocycles. The lowest BCUT2D eigenvalue weighted by Crippen LogP contribution is -2.11. The molecule has 4 aromatic rings. The van der Waals surface area contributed by atoms with Crippen LogP contribution in [-0.2, 0) is 7.05 Å². The molecule has 144 valence electrons. The van der Waals surface area contributed by atoms with Gasteiger partial charge >= 0.3 is 0 Å². The van der Waals surface area contributed by atoms with E-state index in [2.05, 4.69) is 10.1 Å². The Morgan fingerprint density at radius 3 is 2.82 bits per heavy atom. The molecule has 5 rings (SSSR count).